The maximum absolute atomic E-state index is 13.1. The number of carbonyl (C=O) groups is 1. The monoisotopic (exact) mass is 483 g/mol. The summed E-state index contributed by atoms with van der Waals surface area (Å²) in [6.45, 7) is 5.71. The number of hydrogen-bond acceptors (Lipinski definition) is 5. The second-order valence-corrected chi connectivity index (χ2v) is 10.9. The number of phenolic OH excluding ortho intramolecular Hbond substituents is 1. The van der Waals surface area contributed by atoms with Gasteiger partial charge in [-0.25, -0.2) is 9.19 Å². The number of benzene rings is 2. The van der Waals surface area contributed by atoms with Crippen molar-refractivity contribution in [2.45, 2.75) is 57.8 Å². The van der Waals surface area contributed by atoms with E-state index in [0.717, 1.165) is 40.1 Å². The van der Waals surface area contributed by atoms with Gasteiger partial charge in [0.25, 0.3) is 0 Å². The van der Waals surface area contributed by atoms with Crippen LogP contribution in [0, 0.1) is 26.7 Å². The van der Waals surface area contributed by atoms with Gasteiger partial charge in [0.05, 0.1) is 21.2 Å². The lowest BCUT2D eigenvalue weighted by Gasteiger charge is -2.11. The van der Waals surface area contributed by atoms with Gasteiger partial charge in [-0.3, -0.25) is 4.79 Å². The Hall–Kier alpha value is -2.71. The molecule has 174 valence electrons. The van der Waals surface area contributed by atoms with Crippen molar-refractivity contribution < 1.29 is 14.1 Å². The number of rotatable bonds is 7. The number of phenols is 1. The summed E-state index contributed by atoms with van der Waals surface area (Å²) in [5.74, 6) is 0.643. The molecule has 0 aliphatic heterocycles. The van der Waals surface area contributed by atoms with E-state index in [1.165, 1.54) is 24.2 Å². The number of anilines is 2. The Morgan fingerprint density at radius 3 is 2.64 bits per heavy atom. The van der Waals surface area contributed by atoms with Gasteiger partial charge in [-0.05, 0) is 74.4 Å². The van der Waals surface area contributed by atoms with Crippen molar-refractivity contribution in [1.82, 2.24) is 4.98 Å². The van der Waals surface area contributed by atoms with E-state index in [-0.39, 0.29) is 11.7 Å². The number of aromatic nitrogens is 1. The first-order valence-corrected chi connectivity index (χ1v) is 13.1. The van der Waals surface area contributed by atoms with Crippen LogP contribution in [0.3, 0.4) is 0 Å². The third-order valence-electron chi connectivity index (χ3n) is 5.91. The molecule has 1 aliphatic carbocycles. The molecule has 1 aliphatic rings. The molecule has 1 saturated carbocycles. The van der Waals surface area contributed by atoms with Crippen molar-refractivity contribution in [2.75, 3.05) is 10.0 Å². The van der Waals surface area contributed by atoms with Crippen molar-refractivity contribution in [2.24, 2.45) is 5.92 Å². The minimum Gasteiger partial charge on any atom is -0.508 e. The third kappa shape index (κ3) is 5.81. The Labute approximate surface area is 201 Å². The van der Waals surface area contributed by atoms with Crippen LogP contribution in [0.5, 0.6) is 5.75 Å². The Balaban J connectivity index is 1.52. The summed E-state index contributed by atoms with van der Waals surface area (Å²) in [4.78, 5) is 18.6. The van der Waals surface area contributed by atoms with Crippen LogP contribution in [0.1, 0.15) is 48.9 Å². The lowest BCUT2D eigenvalue weighted by atomic mass is 10.0. The summed E-state index contributed by atoms with van der Waals surface area (Å²) in [6.07, 6.45) is 5.26. The van der Waals surface area contributed by atoms with Crippen LogP contribution in [0.15, 0.2) is 41.3 Å². The zero-order valence-electron chi connectivity index (χ0n) is 19.1. The third-order valence-corrected chi connectivity index (χ3v) is 8.30. The first-order chi connectivity index (χ1) is 15.8. The fourth-order valence-electron chi connectivity index (χ4n) is 4.29. The highest BCUT2D eigenvalue weighted by atomic mass is 32.2. The average Bonchev–Trinajstić information content (AvgIpc) is 3.37. The summed E-state index contributed by atoms with van der Waals surface area (Å²) in [6, 6.07) is 10.9. The molecule has 3 aromatic rings. The molecule has 6 nitrogen and oxygen atoms in total. The van der Waals surface area contributed by atoms with Gasteiger partial charge in [-0.2, -0.15) is 0 Å². The number of thiazole rings is 1. The lowest BCUT2D eigenvalue weighted by Crippen LogP contribution is -2.14. The smallest absolute Gasteiger partial charge is 0.226 e. The zero-order chi connectivity index (χ0) is 23.5. The van der Waals surface area contributed by atoms with Crippen molar-refractivity contribution in [1.29, 1.82) is 0 Å². The van der Waals surface area contributed by atoms with E-state index in [2.05, 4.69) is 15.0 Å². The fourth-order valence-corrected chi connectivity index (χ4v) is 6.30. The van der Waals surface area contributed by atoms with E-state index in [0.29, 0.717) is 28.1 Å². The van der Waals surface area contributed by atoms with E-state index < -0.39 is 11.0 Å². The maximum Gasteiger partial charge on any atom is 0.226 e. The van der Waals surface area contributed by atoms with E-state index in [1.807, 2.05) is 45.0 Å². The van der Waals surface area contributed by atoms with Crippen LogP contribution >= 0.6 is 11.3 Å². The highest BCUT2D eigenvalue weighted by molar-refractivity contribution is 7.86. The zero-order valence-corrected chi connectivity index (χ0v) is 20.7. The average molecular weight is 484 g/mol. The Bertz CT molecular complexity index is 1180. The fraction of sp³-hybridized carbons (Fsp3) is 0.360. The van der Waals surface area contributed by atoms with Crippen molar-refractivity contribution in [3.8, 4) is 16.2 Å². The number of aromatic hydroxyl groups is 1. The van der Waals surface area contributed by atoms with Crippen LogP contribution in [0.2, 0.25) is 0 Å². The molecule has 0 radical (unpaired) electrons. The van der Waals surface area contributed by atoms with Crippen LogP contribution < -0.4 is 10.0 Å². The highest BCUT2D eigenvalue weighted by Crippen LogP contribution is 2.35. The maximum atomic E-state index is 13.1. The molecule has 0 spiro atoms. The van der Waals surface area contributed by atoms with Gasteiger partial charge in [0.2, 0.25) is 5.91 Å². The normalized spacial score (nSPS) is 14.9. The number of amides is 1. The van der Waals surface area contributed by atoms with Gasteiger partial charge >= 0.3 is 0 Å². The predicted molar refractivity (Wildman–Crippen MR) is 135 cm³/mol. The molecule has 4 rings (SSSR count). The molecule has 1 atom stereocenters. The van der Waals surface area contributed by atoms with Gasteiger partial charge in [0.15, 0.2) is 16.1 Å². The number of nitrogens with zero attached hydrogens (tertiary/aromatic N) is 1. The van der Waals surface area contributed by atoms with E-state index in [9.17, 15) is 14.1 Å². The van der Waals surface area contributed by atoms with Gasteiger partial charge in [0.1, 0.15) is 5.75 Å². The molecular formula is C25H29N3O3S2. The Kier molecular flexibility index (Phi) is 7.14. The highest BCUT2D eigenvalue weighted by Gasteiger charge is 2.20. The summed E-state index contributed by atoms with van der Waals surface area (Å²) in [5, 5.41) is 13.4. The molecule has 3 N–H and O–H groups in total. The van der Waals surface area contributed by atoms with Gasteiger partial charge in [-0.1, -0.05) is 36.3 Å². The number of nitrogens with one attached hydrogen (secondary N) is 2. The minimum atomic E-state index is -1.51. The quantitative estimate of drug-likeness (QED) is 0.379. The molecular weight excluding hydrogens is 454 g/mol. The first-order valence-electron chi connectivity index (χ1n) is 11.2. The van der Waals surface area contributed by atoms with Gasteiger partial charge in [0, 0.05) is 12.5 Å². The molecule has 0 saturated heterocycles. The van der Waals surface area contributed by atoms with Crippen LogP contribution in [0.25, 0.3) is 10.4 Å². The molecule has 1 unspecified atom stereocenters. The molecule has 2 aromatic carbocycles. The topological polar surface area (TPSA) is 91.3 Å². The van der Waals surface area contributed by atoms with Gasteiger partial charge in [-0.15, -0.1) is 0 Å². The first kappa shape index (κ1) is 23.4. The van der Waals surface area contributed by atoms with Crippen molar-refractivity contribution in [3.05, 3.63) is 53.2 Å². The lowest BCUT2D eigenvalue weighted by molar-refractivity contribution is -0.117. The molecule has 1 heterocycles. The molecule has 33 heavy (non-hydrogen) atoms. The molecule has 8 heteroatoms. The Morgan fingerprint density at radius 1 is 1.15 bits per heavy atom. The van der Waals surface area contributed by atoms with E-state index in [4.69, 9.17) is 0 Å². The van der Waals surface area contributed by atoms with E-state index >= 15 is 0 Å². The molecule has 1 fully saturated rings. The number of carbonyl (C=O) groups excluding carboxylic acids is 1. The second-order valence-electron chi connectivity index (χ2n) is 8.74. The molecule has 1 aromatic heterocycles. The standard InChI is InChI=1S/C25H29N3O3S2/c1-15-10-20(14-21(29)11-15)28-33(31)22-13-19(9-8-16(22)2)24-17(3)26-25(32-24)27-23(30)12-18-6-4-5-7-18/h8-11,13-14,18,28-29H,4-7,12H2,1-3H3,(H,26,27,30). The minimum absolute atomic E-state index is 0.0264. The van der Waals surface area contributed by atoms with Crippen LogP contribution in [0.4, 0.5) is 10.8 Å². The molecule has 1 amide bonds. The van der Waals surface area contributed by atoms with Crippen molar-refractivity contribution >= 4 is 39.0 Å². The predicted octanol–water partition coefficient (Wildman–Crippen LogP) is 6.09. The summed E-state index contributed by atoms with van der Waals surface area (Å²) >= 11 is 1.44. The largest absolute Gasteiger partial charge is 0.508 e. The van der Waals surface area contributed by atoms with Gasteiger partial charge < -0.3 is 15.1 Å². The summed E-state index contributed by atoms with van der Waals surface area (Å²) in [5.41, 5.74) is 4.10. The second kappa shape index (κ2) is 10.1. The number of hydrogen-bond donors (Lipinski definition) is 3. The van der Waals surface area contributed by atoms with E-state index in [1.54, 1.807) is 12.1 Å². The Morgan fingerprint density at radius 2 is 1.91 bits per heavy atom. The molecule has 0 bridgehead atoms. The van der Waals surface area contributed by atoms with Crippen molar-refractivity contribution in [3.63, 3.8) is 0 Å². The van der Waals surface area contributed by atoms with Crippen LogP contribution in [-0.4, -0.2) is 20.2 Å². The number of aryl methyl sites for hydroxylation is 3. The SMILES string of the molecule is Cc1cc(O)cc(NS(=O)c2cc(-c3sc(NC(=O)CC4CCCC4)nc3C)ccc2C)c1. The summed E-state index contributed by atoms with van der Waals surface area (Å²) < 4.78 is 16.1. The van der Waals surface area contributed by atoms with Crippen LogP contribution in [-0.2, 0) is 15.8 Å². The summed E-state index contributed by atoms with van der Waals surface area (Å²) in [7, 11) is -1.51.